The number of alkyl halides is 1. The average molecular weight is 185 g/mol. The highest BCUT2D eigenvalue weighted by Gasteiger charge is 2.61. The van der Waals surface area contributed by atoms with Crippen LogP contribution in [-0.2, 0) is 0 Å². The summed E-state index contributed by atoms with van der Waals surface area (Å²) in [5, 5.41) is 9.40. The average Bonchev–Trinajstić information content (AvgIpc) is 2.64. The van der Waals surface area contributed by atoms with Crippen molar-refractivity contribution in [1.29, 1.82) is 0 Å². The van der Waals surface area contributed by atoms with Crippen LogP contribution in [0.1, 0.15) is 25.7 Å². The summed E-state index contributed by atoms with van der Waals surface area (Å²) in [5.41, 5.74) is 0.318. The summed E-state index contributed by atoms with van der Waals surface area (Å²) < 4.78 is 13.2. The van der Waals surface area contributed by atoms with Crippen molar-refractivity contribution in [2.45, 2.75) is 37.4 Å². The second-order valence-electron chi connectivity index (χ2n) is 5.24. The topological polar surface area (TPSA) is 23.5 Å². The second kappa shape index (κ2) is 2.26. The smallest absolute Gasteiger partial charge is 0.115 e. The maximum Gasteiger partial charge on any atom is 0.115 e. The first kappa shape index (κ1) is 8.18. The predicted octanol–water partition coefficient (Wildman–Crippen LogP) is 0.945. The van der Waals surface area contributed by atoms with Crippen molar-refractivity contribution in [3.63, 3.8) is 0 Å². The van der Waals surface area contributed by atoms with E-state index >= 15 is 0 Å². The van der Waals surface area contributed by atoms with Crippen molar-refractivity contribution >= 4 is 0 Å². The Balaban J connectivity index is 1.87. The van der Waals surface area contributed by atoms with Gasteiger partial charge in [0.2, 0.25) is 0 Å². The zero-order valence-electron chi connectivity index (χ0n) is 7.80. The first-order valence-corrected chi connectivity index (χ1v) is 5.18. The highest BCUT2D eigenvalue weighted by atomic mass is 19.1. The maximum absolute atomic E-state index is 13.2. The molecule has 2 atom stereocenters. The maximum atomic E-state index is 13.2. The van der Waals surface area contributed by atoms with E-state index in [1.165, 1.54) is 12.8 Å². The Morgan fingerprint density at radius 3 is 2.77 bits per heavy atom. The normalized spacial score (nSPS) is 47.1. The van der Waals surface area contributed by atoms with Gasteiger partial charge in [-0.3, -0.25) is 4.90 Å². The molecule has 0 bridgehead atoms. The first-order valence-electron chi connectivity index (χ1n) is 5.18. The molecule has 1 aliphatic carbocycles. The fraction of sp³-hybridized carbons (Fsp3) is 1.00. The van der Waals surface area contributed by atoms with E-state index in [4.69, 9.17) is 0 Å². The van der Waals surface area contributed by atoms with Gasteiger partial charge in [-0.15, -0.1) is 0 Å². The van der Waals surface area contributed by atoms with Gasteiger partial charge in [-0.2, -0.15) is 0 Å². The van der Waals surface area contributed by atoms with Crippen LogP contribution >= 0.6 is 0 Å². The van der Waals surface area contributed by atoms with Gasteiger partial charge >= 0.3 is 0 Å². The van der Waals surface area contributed by atoms with E-state index < -0.39 is 6.17 Å². The molecule has 0 aromatic rings. The van der Waals surface area contributed by atoms with E-state index in [1.807, 2.05) is 0 Å². The lowest BCUT2D eigenvalue weighted by Crippen LogP contribution is -2.41. The lowest BCUT2D eigenvalue weighted by molar-refractivity contribution is 0.0994. The van der Waals surface area contributed by atoms with Crippen LogP contribution in [0.5, 0.6) is 0 Å². The van der Waals surface area contributed by atoms with Crippen molar-refractivity contribution in [1.82, 2.24) is 4.90 Å². The highest BCUT2D eigenvalue weighted by molar-refractivity contribution is 5.15. The van der Waals surface area contributed by atoms with Gasteiger partial charge in [0.25, 0.3) is 0 Å². The predicted molar refractivity (Wildman–Crippen MR) is 47.2 cm³/mol. The van der Waals surface area contributed by atoms with Crippen LogP contribution in [0.2, 0.25) is 0 Å². The fourth-order valence-corrected chi connectivity index (χ4v) is 3.35. The molecule has 3 aliphatic rings. The number of aliphatic hydroxyl groups excluding tert-OH is 1. The van der Waals surface area contributed by atoms with E-state index in [0.717, 1.165) is 13.0 Å². The van der Waals surface area contributed by atoms with Crippen LogP contribution in [0.25, 0.3) is 0 Å². The zero-order valence-corrected chi connectivity index (χ0v) is 7.80. The quantitative estimate of drug-likeness (QED) is 0.657. The summed E-state index contributed by atoms with van der Waals surface area (Å²) in [6.07, 6.45) is 3.48. The van der Waals surface area contributed by atoms with E-state index in [1.54, 1.807) is 0 Å². The Bertz CT molecular complexity index is 241. The second-order valence-corrected chi connectivity index (χ2v) is 5.24. The molecule has 13 heavy (non-hydrogen) atoms. The van der Waals surface area contributed by atoms with Crippen LogP contribution in [0.4, 0.5) is 4.39 Å². The Morgan fingerprint density at radius 1 is 1.46 bits per heavy atom. The third-order valence-electron chi connectivity index (χ3n) is 4.17. The largest absolute Gasteiger partial charge is 0.394 e. The van der Waals surface area contributed by atoms with E-state index in [0.29, 0.717) is 18.4 Å². The van der Waals surface area contributed by atoms with Crippen LogP contribution in [-0.4, -0.2) is 41.4 Å². The highest BCUT2D eigenvalue weighted by Crippen LogP contribution is 2.60. The third kappa shape index (κ3) is 1.00. The lowest BCUT2D eigenvalue weighted by atomic mass is 9.89. The number of rotatable bonds is 1. The van der Waals surface area contributed by atoms with Gasteiger partial charge < -0.3 is 5.11 Å². The lowest BCUT2D eigenvalue weighted by Gasteiger charge is -2.28. The van der Waals surface area contributed by atoms with Gasteiger partial charge in [0.1, 0.15) is 6.17 Å². The van der Waals surface area contributed by atoms with Crippen molar-refractivity contribution in [2.75, 3.05) is 19.7 Å². The molecule has 1 spiro atoms. The van der Waals surface area contributed by atoms with Gasteiger partial charge in [0.15, 0.2) is 0 Å². The van der Waals surface area contributed by atoms with Crippen LogP contribution < -0.4 is 0 Å². The van der Waals surface area contributed by atoms with Crippen molar-refractivity contribution < 1.29 is 9.50 Å². The van der Waals surface area contributed by atoms with Gasteiger partial charge in [-0.05, 0) is 24.7 Å². The number of fused-ring (bicyclic) bond motifs is 1. The van der Waals surface area contributed by atoms with Crippen LogP contribution in [0, 0.1) is 5.41 Å². The van der Waals surface area contributed by atoms with Crippen molar-refractivity contribution in [3.05, 3.63) is 0 Å². The molecular formula is C10H16FNO. The molecular weight excluding hydrogens is 169 g/mol. The van der Waals surface area contributed by atoms with Gasteiger partial charge in [0, 0.05) is 25.0 Å². The van der Waals surface area contributed by atoms with E-state index in [9.17, 15) is 9.50 Å². The van der Waals surface area contributed by atoms with Gasteiger partial charge in [-0.1, -0.05) is 0 Å². The van der Waals surface area contributed by atoms with E-state index in [2.05, 4.69) is 4.90 Å². The fourth-order valence-electron chi connectivity index (χ4n) is 3.35. The van der Waals surface area contributed by atoms with Crippen molar-refractivity contribution in [2.24, 2.45) is 5.41 Å². The Labute approximate surface area is 77.7 Å². The Hall–Kier alpha value is -0.150. The minimum atomic E-state index is -0.705. The summed E-state index contributed by atoms with van der Waals surface area (Å²) in [6.45, 7) is 1.74. The molecule has 1 N–H and O–H groups in total. The molecule has 3 fully saturated rings. The summed E-state index contributed by atoms with van der Waals surface area (Å²) in [7, 11) is 0. The minimum Gasteiger partial charge on any atom is -0.394 e. The molecule has 0 amide bonds. The van der Waals surface area contributed by atoms with Gasteiger partial charge in [-0.25, -0.2) is 4.39 Å². The number of hydrogen-bond acceptors (Lipinski definition) is 2. The standard InChI is InChI=1S/C10H16FNO/c11-8-3-10(7-13)5-9(1-2-9)6-12(10)4-8/h8,13H,1-7H2. The SMILES string of the molecule is OCC12CC(F)CN1CC1(CC1)C2. The number of nitrogens with zero attached hydrogens (tertiary/aromatic N) is 1. The zero-order chi connectivity index (χ0) is 9.10. The number of aliphatic hydroxyl groups is 1. The molecule has 2 heterocycles. The molecule has 0 aromatic heterocycles. The molecule has 2 aliphatic heterocycles. The van der Waals surface area contributed by atoms with Gasteiger partial charge in [0.05, 0.1) is 6.61 Å². The summed E-state index contributed by atoms with van der Waals surface area (Å²) in [5.74, 6) is 0. The van der Waals surface area contributed by atoms with Crippen LogP contribution in [0.15, 0.2) is 0 Å². The Morgan fingerprint density at radius 2 is 2.23 bits per heavy atom. The molecule has 2 unspecified atom stereocenters. The van der Waals surface area contributed by atoms with Crippen LogP contribution in [0.3, 0.4) is 0 Å². The third-order valence-corrected chi connectivity index (χ3v) is 4.17. The minimum absolute atomic E-state index is 0.148. The monoisotopic (exact) mass is 185 g/mol. The molecule has 2 nitrogen and oxygen atoms in total. The molecule has 0 aromatic carbocycles. The first-order chi connectivity index (χ1) is 6.18. The number of halogens is 1. The molecule has 74 valence electrons. The Kier molecular flexibility index (Phi) is 1.42. The molecule has 2 saturated heterocycles. The summed E-state index contributed by atoms with van der Waals surface area (Å²) in [6, 6.07) is 0. The molecule has 3 rings (SSSR count). The molecule has 3 heteroatoms. The summed E-state index contributed by atoms with van der Waals surface area (Å²) in [4.78, 5) is 2.20. The molecule has 1 saturated carbocycles. The summed E-state index contributed by atoms with van der Waals surface area (Å²) >= 11 is 0. The number of hydrogen-bond donors (Lipinski definition) is 1. The van der Waals surface area contributed by atoms with Crippen molar-refractivity contribution in [3.8, 4) is 0 Å². The molecule has 0 radical (unpaired) electrons. The van der Waals surface area contributed by atoms with E-state index in [-0.39, 0.29) is 12.1 Å².